The van der Waals surface area contributed by atoms with Gasteiger partial charge in [-0.25, -0.2) is 0 Å². The first kappa shape index (κ1) is 15.7. The largest absolute Gasteiger partial charge is 0.346 e. The molecule has 1 amide bonds. The number of rotatable bonds is 3. The molecule has 0 unspecified atom stereocenters. The summed E-state index contributed by atoms with van der Waals surface area (Å²) in [6.45, 7) is 6.60. The summed E-state index contributed by atoms with van der Waals surface area (Å²) in [5.41, 5.74) is 5.91. The van der Waals surface area contributed by atoms with Gasteiger partial charge in [0.05, 0.1) is 25.8 Å². The molecule has 2 N–H and O–H groups in total. The van der Waals surface area contributed by atoms with Crippen LogP contribution in [-0.2, 0) is 14.3 Å². The van der Waals surface area contributed by atoms with Gasteiger partial charge in [0.1, 0.15) is 0 Å². The molecule has 0 radical (unpaired) electrons. The van der Waals surface area contributed by atoms with E-state index in [0.29, 0.717) is 32.2 Å². The molecule has 0 aromatic rings. The van der Waals surface area contributed by atoms with Crippen molar-refractivity contribution in [1.82, 2.24) is 4.90 Å². The first-order valence-electron chi connectivity index (χ1n) is 6.35. The van der Waals surface area contributed by atoms with Crippen molar-refractivity contribution in [2.75, 3.05) is 26.3 Å². The van der Waals surface area contributed by atoms with Gasteiger partial charge in [-0.3, -0.25) is 4.79 Å². The van der Waals surface area contributed by atoms with E-state index in [1.54, 1.807) is 4.90 Å². The van der Waals surface area contributed by atoms with Gasteiger partial charge in [-0.1, -0.05) is 13.8 Å². The van der Waals surface area contributed by atoms with Crippen LogP contribution in [-0.4, -0.2) is 48.9 Å². The zero-order valence-corrected chi connectivity index (χ0v) is 11.9. The summed E-state index contributed by atoms with van der Waals surface area (Å²) >= 11 is 0. The van der Waals surface area contributed by atoms with Crippen LogP contribution in [0.4, 0.5) is 0 Å². The number of hydrogen-bond donors (Lipinski definition) is 1. The van der Waals surface area contributed by atoms with E-state index in [9.17, 15) is 4.79 Å². The van der Waals surface area contributed by atoms with E-state index in [1.165, 1.54) is 0 Å². The van der Waals surface area contributed by atoms with Gasteiger partial charge in [-0.05, 0) is 12.3 Å². The fraction of sp³-hybridized carbons (Fsp3) is 0.917. The molecule has 2 aliphatic rings. The van der Waals surface area contributed by atoms with Gasteiger partial charge in [0.15, 0.2) is 5.79 Å². The maximum Gasteiger partial charge on any atom is 0.239 e. The quantitative estimate of drug-likeness (QED) is 0.828. The highest BCUT2D eigenvalue weighted by Crippen LogP contribution is 2.30. The molecule has 0 aliphatic carbocycles. The van der Waals surface area contributed by atoms with Crippen LogP contribution in [0.2, 0.25) is 0 Å². The molecule has 2 rings (SSSR count). The predicted octanol–water partition coefficient (Wildman–Crippen LogP) is 0.757. The Hall–Kier alpha value is -0.360. The number of nitrogens with two attached hydrogens (primary N) is 1. The van der Waals surface area contributed by atoms with Crippen LogP contribution in [0.3, 0.4) is 0 Å². The third-order valence-corrected chi connectivity index (χ3v) is 3.36. The second-order valence-electron chi connectivity index (χ2n) is 5.35. The molecule has 1 spiro atoms. The molecule has 1 atom stereocenters. The van der Waals surface area contributed by atoms with Crippen LogP contribution in [0.1, 0.15) is 26.7 Å². The Morgan fingerprint density at radius 2 is 2.00 bits per heavy atom. The zero-order chi connectivity index (χ0) is 12.5. The minimum absolute atomic E-state index is 0. The monoisotopic (exact) mass is 278 g/mol. The van der Waals surface area contributed by atoms with Crippen molar-refractivity contribution in [3.8, 4) is 0 Å². The van der Waals surface area contributed by atoms with E-state index in [1.807, 2.05) is 0 Å². The van der Waals surface area contributed by atoms with E-state index < -0.39 is 11.8 Å². The second kappa shape index (κ2) is 6.19. The topological polar surface area (TPSA) is 64.8 Å². The van der Waals surface area contributed by atoms with Crippen molar-refractivity contribution < 1.29 is 14.3 Å². The Morgan fingerprint density at radius 1 is 1.39 bits per heavy atom. The average Bonchev–Trinajstić information content (AvgIpc) is 2.88. The van der Waals surface area contributed by atoms with Gasteiger partial charge in [0.25, 0.3) is 0 Å². The number of likely N-dealkylation sites (tertiary alicyclic amines) is 1. The van der Waals surface area contributed by atoms with Crippen LogP contribution in [0.25, 0.3) is 0 Å². The van der Waals surface area contributed by atoms with Gasteiger partial charge >= 0.3 is 0 Å². The molecule has 2 aliphatic heterocycles. The van der Waals surface area contributed by atoms with E-state index in [2.05, 4.69) is 13.8 Å². The second-order valence-corrected chi connectivity index (χ2v) is 5.35. The van der Waals surface area contributed by atoms with Crippen molar-refractivity contribution in [1.29, 1.82) is 0 Å². The Bertz CT molecular complexity index is 293. The SMILES string of the molecule is CC(C)C[C@H](N)C(=O)N1CCC2(C1)OCCO2.Cl. The lowest BCUT2D eigenvalue weighted by Crippen LogP contribution is -2.45. The summed E-state index contributed by atoms with van der Waals surface area (Å²) in [6, 6.07) is -0.397. The van der Waals surface area contributed by atoms with Crippen molar-refractivity contribution in [2.24, 2.45) is 11.7 Å². The molecule has 2 heterocycles. The van der Waals surface area contributed by atoms with E-state index >= 15 is 0 Å². The smallest absolute Gasteiger partial charge is 0.239 e. The predicted molar refractivity (Wildman–Crippen MR) is 70.5 cm³/mol. The zero-order valence-electron chi connectivity index (χ0n) is 11.1. The lowest BCUT2D eigenvalue weighted by atomic mass is 10.0. The molecule has 2 saturated heterocycles. The molecule has 5 nitrogen and oxygen atoms in total. The fourth-order valence-electron chi connectivity index (χ4n) is 2.52. The summed E-state index contributed by atoms with van der Waals surface area (Å²) in [5.74, 6) is -0.0769. The molecule has 0 saturated carbocycles. The maximum atomic E-state index is 12.1. The van der Waals surface area contributed by atoms with Gasteiger partial charge in [0.2, 0.25) is 5.91 Å². The minimum atomic E-state index is -0.535. The van der Waals surface area contributed by atoms with Crippen molar-refractivity contribution in [2.45, 2.75) is 38.5 Å². The Labute approximate surface area is 114 Å². The molecule has 0 aromatic heterocycles. The lowest BCUT2D eigenvalue weighted by Gasteiger charge is -2.24. The van der Waals surface area contributed by atoms with Gasteiger partial charge in [-0.15, -0.1) is 12.4 Å². The van der Waals surface area contributed by atoms with Crippen LogP contribution in [0, 0.1) is 5.92 Å². The maximum absolute atomic E-state index is 12.1. The average molecular weight is 279 g/mol. The number of carbonyl (C=O) groups is 1. The number of carbonyl (C=O) groups excluding carboxylic acids is 1. The van der Waals surface area contributed by atoms with Crippen molar-refractivity contribution in [3.63, 3.8) is 0 Å². The van der Waals surface area contributed by atoms with Crippen LogP contribution >= 0.6 is 12.4 Å². The number of ether oxygens (including phenoxy) is 2. The molecule has 106 valence electrons. The highest BCUT2D eigenvalue weighted by atomic mass is 35.5. The summed E-state index contributed by atoms with van der Waals surface area (Å²) in [4.78, 5) is 13.9. The molecular weight excluding hydrogens is 256 g/mol. The van der Waals surface area contributed by atoms with Crippen LogP contribution < -0.4 is 5.73 Å². The Kier molecular flexibility index (Phi) is 5.40. The summed E-state index contributed by atoms with van der Waals surface area (Å²) in [7, 11) is 0. The third-order valence-electron chi connectivity index (χ3n) is 3.36. The Balaban J connectivity index is 0.00000162. The van der Waals surface area contributed by atoms with Gasteiger partial charge < -0.3 is 20.1 Å². The number of halogens is 1. The summed E-state index contributed by atoms with van der Waals surface area (Å²) in [5, 5.41) is 0. The molecule has 2 fully saturated rings. The number of nitrogens with zero attached hydrogens (tertiary/aromatic N) is 1. The van der Waals surface area contributed by atoms with Crippen molar-refractivity contribution in [3.05, 3.63) is 0 Å². The highest BCUT2D eigenvalue weighted by molar-refractivity contribution is 5.85. The molecule has 0 bridgehead atoms. The molecule has 18 heavy (non-hydrogen) atoms. The van der Waals surface area contributed by atoms with Crippen LogP contribution in [0.15, 0.2) is 0 Å². The third kappa shape index (κ3) is 3.35. The molecule has 0 aromatic carbocycles. The molecule has 6 heteroatoms. The summed E-state index contributed by atoms with van der Waals surface area (Å²) in [6.07, 6.45) is 1.48. The first-order chi connectivity index (χ1) is 8.02. The lowest BCUT2D eigenvalue weighted by molar-refractivity contribution is -0.153. The first-order valence-corrected chi connectivity index (χ1v) is 6.35. The van der Waals surface area contributed by atoms with Gasteiger partial charge in [-0.2, -0.15) is 0 Å². The van der Waals surface area contributed by atoms with E-state index in [4.69, 9.17) is 15.2 Å². The number of hydrogen-bond acceptors (Lipinski definition) is 4. The van der Waals surface area contributed by atoms with Gasteiger partial charge in [0, 0.05) is 13.0 Å². The minimum Gasteiger partial charge on any atom is -0.346 e. The van der Waals surface area contributed by atoms with Crippen LogP contribution in [0.5, 0.6) is 0 Å². The Morgan fingerprint density at radius 3 is 2.56 bits per heavy atom. The summed E-state index contributed by atoms with van der Waals surface area (Å²) < 4.78 is 11.2. The normalized spacial score (nSPS) is 23.4. The van der Waals surface area contributed by atoms with E-state index in [0.717, 1.165) is 12.8 Å². The fourth-order valence-corrected chi connectivity index (χ4v) is 2.52. The highest BCUT2D eigenvalue weighted by Gasteiger charge is 2.45. The van der Waals surface area contributed by atoms with Crippen molar-refractivity contribution >= 4 is 18.3 Å². The molecular formula is C12H23ClN2O3. The number of amides is 1. The van der Waals surface area contributed by atoms with E-state index in [-0.39, 0.29) is 18.3 Å². The standard InChI is InChI=1S/C12H22N2O3.ClH/c1-9(2)7-10(13)11(15)14-4-3-12(8-14)16-5-6-17-12;/h9-10H,3-8,13H2,1-2H3;1H/t10-;/m0./s1.